The number of sulfonamides is 1. The van der Waals surface area contributed by atoms with Crippen LogP contribution in [0.25, 0.3) is 21.8 Å². The van der Waals surface area contributed by atoms with Crippen molar-refractivity contribution < 1.29 is 22.7 Å². The minimum absolute atomic E-state index is 0.0398. The van der Waals surface area contributed by atoms with E-state index in [1.54, 1.807) is 59.0 Å². The lowest BCUT2D eigenvalue weighted by Gasteiger charge is -2.28. The molecule has 0 saturated carbocycles. The third kappa shape index (κ3) is 6.84. The van der Waals surface area contributed by atoms with Gasteiger partial charge in [0.25, 0.3) is 0 Å². The van der Waals surface area contributed by atoms with E-state index in [0.717, 1.165) is 28.1 Å². The molecule has 5 aromatic rings. The van der Waals surface area contributed by atoms with Crippen molar-refractivity contribution in [3.63, 3.8) is 0 Å². The monoisotopic (exact) mass is 625 g/mol. The normalized spacial score (nSPS) is 15.5. The standard InChI is InChI=1S/C34H35N5O5S/c1-38-14-13-24(15-32(38)40)21-44-34(41)31-18-26-11-12-28(19-35)36-33(26)39(31)20-27-17-29(16-25-9-5-6-10-30(25)27)37-45(42,43)22-23-7-3-2-4-8-23/h2-12,16-18,24,37H,13-15,19-22,35H2,1H3. The smallest absolute Gasteiger partial charge is 0.355 e. The number of aromatic nitrogens is 2. The molecule has 0 bridgehead atoms. The number of benzene rings is 3. The van der Waals surface area contributed by atoms with Gasteiger partial charge in [0.2, 0.25) is 15.9 Å². The van der Waals surface area contributed by atoms with Crippen molar-refractivity contribution in [3.8, 4) is 0 Å². The molecule has 11 heteroatoms. The second kappa shape index (κ2) is 12.7. The fraction of sp³-hybridized carbons (Fsp3) is 0.265. The molecule has 232 valence electrons. The van der Waals surface area contributed by atoms with Gasteiger partial charge in [-0.3, -0.25) is 9.52 Å². The summed E-state index contributed by atoms with van der Waals surface area (Å²) in [4.78, 5) is 32.2. The molecule has 1 fully saturated rings. The lowest BCUT2D eigenvalue weighted by molar-refractivity contribution is -0.134. The van der Waals surface area contributed by atoms with Gasteiger partial charge in [0.1, 0.15) is 11.3 Å². The summed E-state index contributed by atoms with van der Waals surface area (Å²) in [5.74, 6) is -0.677. The number of carbonyl (C=O) groups is 2. The summed E-state index contributed by atoms with van der Waals surface area (Å²) in [6.45, 7) is 1.22. The Kier molecular flexibility index (Phi) is 8.55. The highest BCUT2D eigenvalue weighted by molar-refractivity contribution is 7.91. The topological polar surface area (TPSA) is 137 Å². The average molecular weight is 626 g/mol. The van der Waals surface area contributed by atoms with Crippen LogP contribution < -0.4 is 10.5 Å². The first-order valence-corrected chi connectivity index (χ1v) is 16.5. The maximum atomic E-state index is 13.6. The Morgan fingerprint density at radius 1 is 1.02 bits per heavy atom. The third-order valence-electron chi connectivity index (χ3n) is 8.18. The molecule has 45 heavy (non-hydrogen) atoms. The lowest BCUT2D eigenvalue weighted by atomic mass is 9.98. The molecule has 1 aliphatic heterocycles. The number of nitrogens with two attached hydrogens (primary N) is 1. The Balaban J connectivity index is 1.35. The van der Waals surface area contributed by atoms with Crippen LogP contribution in [0.5, 0.6) is 0 Å². The number of esters is 1. The number of hydrogen-bond acceptors (Lipinski definition) is 7. The lowest BCUT2D eigenvalue weighted by Crippen LogP contribution is -2.37. The van der Waals surface area contributed by atoms with Gasteiger partial charge < -0.3 is 19.9 Å². The van der Waals surface area contributed by atoms with Gasteiger partial charge >= 0.3 is 5.97 Å². The van der Waals surface area contributed by atoms with E-state index in [2.05, 4.69) is 4.72 Å². The van der Waals surface area contributed by atoms with Crippen LogP contribution in [0.4, 0.5) is 5.69 Å². The number of carbonyl (C=O) groups excluding carboxylic acids is 2. The number of nitrogens with zero attached hydrogens (tertiary/aromatic N) is 3. The van der Waals surface area contributed by atoms with Gasteiger partial charge in [-0.1, -0.05) is 54.6 Å². The number of anilines is 1. The number of hydrogen-bond donors (Lipinski definition) is 2. The number of piperidine rings is 1. The number of likely N-dealkylation sites (tertiary alicyclic amines) is 1. The van der Waals surface area contributed by atoms with Crippen molar-refractivity contribution in [2.24, 2.45) is 11.7 Å². The van der Waals surface area contributed by atoms with E-state index < -0.39 is 16.0 Å². The van der Waals surface area contributed by atoms with Crippen LogP contribution in [0.15, 0.2) is 84.9 Å². The average Bonchev–Trinajstić information content (AvgIpc) is 3.38. The van der Waals surface area contributed by atoms with Gasteiger partial charge in [0, 0.05) is 43.5 Å². The van der Waals surface area contributed by atoms with E-state index in [1.807, 2.05) is 42.5 Å². The van der Waals surface area contributed by atoms with Gasteiger partial charge in [-0.2, -0.15) is 0 Å². The van der Waals surface area contributed by atoms with E-state index in [-0.39, 0.29) is 37.3 Å². The van der Waals surface area contributed by atoms with Crippen molar-refractivity contribution in [1.82, 2.24) is 14.5 Å². The predicted octanol–water partition coefficient (Wildman–Crippen LogP) is 4.66. The van der Waals surface area contributed by atoms with Crippen LogP contribution >= 0.6 is 0 Å². The SMILES string of the molecule is CN1CCC(COC(=O)c2cc3ccc(CN)nc3n2Cc2cc(NS(=O)(=O)Cc3ccccc3)cc3ccccc23)CC1=O. The first kappa shape index (κ1) is 30.3. The van der Waals surface area contributed by atoms with Crippen molar-refractivity contribution in [1.29, 1.82) is 0 Å². The highest BCUT2D eigenvalue weighted by Gasteiger charge is 2.26. The van der Waals surface area contributed by atoms with Gasteiger partial charge in [-0.15, -0.1) is 0 Å². The van der Waals surface area contributed by atoms with Gasteiger partial charge in [0.05, 0.1) is 24.6 Å². The number of rotatable bonds is 10. The van der Waals surface area contributed by atoms with Crippen LogP contribution in [0.2, 0.25) is 0 Å². The van der Waals surface area contributed by atoms with E-state index in [0.29, 0.717) is 41.3 Å². The zero-order valence-corrected chi connectivity index (χ0v) is 25.8. The van der Waals surface area contributed by atoms with Crippen LogP contribution in [0.3, 0.4) is 0 Å². The summed E-state index contributed by atoms with van der Waals surface area (Å²) in [5, 5.41) is 2.50. The molecule has 0 radical (unpaired) electrons. The number of fused-ring (bicyclic) bond motifs is 2. The van der Waals surface area contributed by atoms with Crippen LogP contribution in [0.1, 0.15) is 40.2 Å². The molecule has 6 rings (SSSR count). The fourth-order valence-corrected chi connectivity index (χ4v) is 6.96. The van der Waals surface area contributed by atoms with E-state index in [1.165, 1.54) is 0 Å². The highest BCUT2D eigenvalue weighted by Crippen LogP contribution is 2.29. The van der Waals surface area contributed by atoms with Crippen LogP contribution in [0, 0.1) is 5.92 Å². The molecule has 1 saturated heterocycles. The molecular formula is C34H35N5O5S. The summed E-state index contributed by atoms with van der Waals surface area (Å²) in [6.07, 6.45) is 1.10. The highest BCUT2D eigenvalue weighted by atomic mass is 32.2. The minimum Gasteiger partial charge on any atom is -0.461 e. The van der Waals surface area contributed by atoms with Crippen molar-refractivity contribution in [3.05, 3.63) is 107 Å². The maximum absolute atomic E-state index is 13.6. The molecule has 1 aliphatic rings. The van der Waals surface area contributed by atoms with Crippen molar-refractivity contribution in [2.45, 2.75) is 31.7 Å². The summed E-state index contributed by atoms with van der Waals surface area (Å²) < 4.78 is 36.6. The summed E-state index contributed by atoms with van der Waals surface area (Å²) >= 11 is 0. The molecule has 10 nitrogen and oxygen atoms in total. The summed E-state index contributed by atoms with van der Waals surface area (Å²) in [5.41, 5.74) is 9.34. The molecule has 0 aliphatic carbocycles. The van der Waals surface area contributed by atoms with E-state index in [4.69, 9.17) is 15.5 Å². The molecule has 0 spiro atoms. The van der Waals surface area contributed by atoms with Gasteiger partial charge in [-0.05, 0) is 58.7 Å². The number of nitrogens with one attached hydrogen (secondary N) is 1. The predicted molar refractivity (Wildman–Crippen MR) is 174 cm³/mol. The molecule has 3 aromatic carbocycles. The molecule has 3 N–H and O–H groups in total. The first-order chi connectivity index (χ1) is 21.7. The molecule has 1 amide bonds. The van der Waals surface area contributed by atoms with E-state index in [9.17, 15) is 18.0 Å². The Morgan fingerprint density at radius 2 is 1.80 bits per heavy atom. The maximum Gasteiger partial charge on any atom is 0.355 e. The fourth-order valence-electron chi connectivity index (χ4n) is 5.78. The van der Waals surface area contributed by atoms with Gasteiger partial charge in [-0.25, -0.2) is 18.2 Å². The number of ether oxygens (including phenoxy) is 1. The number of amides is 1. The van der Waals surface area contributed by atoms with Crippen molar-refractivity contribution >= 4 is 49.4 Å². The Morgan fingerprint density at radius 3 is 2.58 bits per heavy atom. The third-order valence-corrected chi connectivity index (χ3v) is 9.44. The molecule has 1 atom stereocenters. The molecular weight excluding hydrogens is 590 g/mol. The summed E-state index contributed by atoms with van der Waals surface area (Å²) in [7, 11) is -1.93. The second-order valence-electron chi connectivity index (χ2n) is 11.5. The largest absolute Gasteiger partial charge is 0.461 e. The van der Waals surface area contributed by atoms with Crippen LogP contribution in [-0.2, 0) is 38.4 Å². The molecule has 3 heterocycles. The van der Waals surface area contributed by atoms with Crippen molar-refractivity contribution in [2.75, 3.05) is 24.9 Å². The van der Waals surface area contributed by atoms with Gasteiger partial charge in [0.15, 0.2) is 0 Å². The molecule has 1 unspecified atom stereocenters. The number of pyridine rings is 1. The quantitative estimate of drug-likeness (QED) is 0.215. The first-order valence-electron chi connectivity index (χ1n) is 14.9. The Bertz CT molecular complexity index is 1990. The Labute approximate surface area is 261 Å². The second-order valence-corrected chi connectivity index (χ2v) is 13.2. The Hall–Kier alpha value is -4.74. The molecule has 2 aromatic heterocycles. The summed E-state index contributed by atoms with van der Waals surface area (Å²) in [6, 6.07) is 25.7. The zero-order chi connectivity index (χ0) is 31.6. The minimum atomic E-state index is -3.71. The van der Waals surface area contributed by atoms with Crippen LogP contribution in [-0.4, -0.2) is 54.9 Å². The zero-order valence-electron chi connectivity index (χ0n) is 25.0. The van der Waals surface area contributed by atoms with E-state index >= 15 is 0 Å².